The zero-order valence-electron chi connectivity index (χ0n) is 11.0. The zero-order chi connectivity index (χ0) is 14.1. The van der Waals surface area contributed by atoms with Gasteiger partial charge in [-0.05, 0) is 48.9 Å². The molecule has 1 amide bonds. The molecule has 0 fully saturated rings. The van der Waals surface area contributed by atoms with Gasteiger partial charge in [0.25, 0.3) is 0 Å². The van der Waals surface area contributed by atoms with E-state index in [1.165, 1.54) is 41.1 Å². The minimum atomic E-state index is -0.312. The molecule has 0 saturated heterocycles. The van der Waals surface area contributed by atoms with Crippen molar-refractivity contribution in [3.05, 3.63) is 34.3 Å². The minimum Gasteiger partial charge on any atom is -0.369 e. The molecule has 1 heterocycles. The van der Waals surface area contributed by atoms with E-state index in [0.29, 0.717) is 5.02 Å². The summed E-state index contributed by atoms with van der Waals surface area (Å²) in [5.74, 6) is -0.0431. The Morgan fingerprint density at radius 2 is 2.05 bits per heavy atom. The lowest BCUT2D eigenvalue weighted by atomic mass is 9.90. The van der Waals surface area contributed by atoms with E-state index in [2.05, 4.69) is 6.07 Å². The maximum Gasteiger partial charge on any atom is 0.227 e. The van der Waals surface area contributed by atoms with Gasteiger partial charge in [0.05, 0.1) is 11.3 Å². The summed E-state index contributed by atoms with van der Waals surface area (Å²) in [6.45, 7) is 0. The summed E-state index contributed by atoms with van der Waals surface area (Å²) >= 11 is 7.50. The van der Waals surface area contributed by atoms with Crippen molar-refractivity contribution in [2.75, 3.05) is 5.75 Å². The number of rotatable bonds is 3. The molecule has 1 aromatic carbocycles. The van der Waals surface area contributed by atoms with Gasteiger partial charge in [0.2, 0.25) is 5.91 Å². The van der Waals surface area contributed by atoms with Crippen LogP contribution < -0.4 is 5.73 Å². The summed E-state index contributed by atoms with van der Waals surface area (Å²) in [5.41, 5.74) is 8.81. The van der Waals surface area contributed by atoms with E-state index in [4.69, 9.17) is 22.3 Å². The Morgan fingerprint density at radius 1 is 1.30 bits per heavy atom. The first-order valence-corrected chi connectivity index (χ1v) is 8.03. The van der Waals surface area contributed by atoms with Crippen molar-refractivity contribution in [1.29, 1.82) is 0 Å². The molecular weight excluding hydrogens is 292 g/mol. The highest BCUT2D eigenvalue weighted by molar-refractivity contribution is 7.99. The van der Waals surface area contributed by atoms with Gasteiger partial charge in [-0.2, -0.15) is 0 Å². The number of aromatic nitrogens is 1. The van der Waals surface area contributed by atoms with Crippen LogP contribution in [0.1, 0.15) is 24.0 Å². The second-order valence-electron chi connectivity index (χ2n) is 5.00. The second kappa shape index (κ2) is 5.62. The normalized spacial score (nSPS) is 14.2. The molecule has 0 saturated carbocycles. The summed E-state index contributed by atoms with van der Waals surface area (Å²) in [5, 5.41) is 2.81. The number of nitrogens with zero attached hydrogens (tertiary/aromatic N) is 1. The number of nitrogens with two attached hydrogens (primary N) is 1. The van der Waals surface area contributed by atoms with Gasteiger partial charge in [-0.25, -0.2) is 4.98 Å². The van der Waals surface area contributed by atoms with Crippen LogP contribution in [0.5, 0.6) is 0 Å². The maximum absolute atomic E-state index is 11.0. The number of primary amides is 1. The van der Waals surface area contributed by atoms with E-state index < -0.39 is 0 Å². The van der Waals surface area contributed by atoms with E-state index >= 15 is 0 Å². The lowest BCUT2D eigenvalue weighted by Gasteiger charge is -2.20. The summed E-state index contributed by atoms with van der Waals surface area (Å²) in [6.07, 6.45) is 4.48. The molecular formula is C15H15ClN2OS. The highest BCUT2D eigenvalue weighted by atomic mass is 35.5. The Hall–Kier alpha value is -1.26. The van der Waals surface area contributed by atoms with Crippen LogP contribution in [0, 0.1) is 0 Å². The molecule has 0 radical (unpaired) electrons. The number of pyridine rings is 1. The molecule has 2 N–H and O–H groups in total. The fraction of sp³-hybridized carbons (Fsp3) is 0.333. The largest absolute Gasteiger partial charge is 0.369 e. The molecule has 1 aliphatic rings. The number of carbonyl (C=O) groups is 1. The molecule has 1 aromatic heterocycles. The molecule has 2 aromatic rings. The standard InChI is InChI=1S/C15H15ClN2OS/c16-9-5-6-11-10-3-1-2-4-12(10)15(18-13(11)7-9)20-8-14(17)19/h5-7H,1-4,8H2,(H2,17,19). The van der Waals surface area contributed by atoms with E-state index in [-0.39, 0.29) is 11.7 Å². The number of amides is 1. The van der Waals surface area contributed by atoms with Crippen molar-refractivity contribution in [2.45, 2.75) is 30.7 Å². The van der Waals surface area contributed by atoms with Crippen LogP contribution in [0.4, 0.5) is 0 Å². The summed E-state index contributed by atoms with van der Waals surface area (Å²) < 4.78 is 0. The van der Waals surface area contributed by atoms with Gasteiger partial charge in [0.1, 0.15) is 5.03 Å². The Morgan fingerprint density at radius 3 is 2.80 bits per heavy atom. The van der Waals surface area contributed by atoms with Gasteiger partial charge in [0.15, 0.2) is 0 Å². The van der Waals surface area contributed by atoms with Crippen LogP contribution in [-0.4, -0.2) is 16.6 Å². The van der Waals surface area contributed by atoms with Gasteiger partial charge < -0.3 is 5.73 Å². The number of hydrogen-bond acceptors (Lipinski definition) is 3. The Kier molecular flexibility index (Phi) is 3.85. The molecule has 5 heteroatoms. The number of halogens is 1. The lowest BCUT2D eigenvalue weighted by Crippen LogP contribution is -2.14. The monoisotopic (exact) mass is 306 g/mol. The SMILES string of the molecule is NC(=O)CSc1nc2cc(Cl)ccc2c2c1CCCC2. The second-order valence-corrected chi connectivity index (χ2v) is 6.40. The lowest BCUT2D eigenvalue weighted by molar-refractivity contribution is -0.115. The van der Waals surface area contributed by atoms with Crippen LogP contribution in [0.2, 0.25) is 5.02 Å². The van der Waals surface area contributed by atoms with Crippen molar-refractivity contribution in [3.8, 4) is 0 Å². The van der Waals surface area contributed by atoms with E-state index in [1.807, 2.05) is 12.1 Å². The third kappa shape index (κ3) is 2.63. The van der Waals surface area contributed by atoms with Crippen molar-refractivity contribution in [3.63, 3.8) is 0 Å². The molecule has 1 aliphatic carbocycles. The highest BCUT2D eigenvalue weighted by Crippen LogP contribution is 2.35. The fourth-order valence-corrected chi connectivity index (χ4v) is 3.73. The highest BCUT2D eigenvalue weighted by Gasteiger charge is 2.19. The Balaban J connectivity index is 2.15. The predicted molar refractivity (Wildman–Crippen MR) is 83.3 cm³/mol. The average molecular weight is 307 g/mol. The van der Waals surface area contributed by atoms with Crippen LogP contribution in [0.25, 0.3) is 10.9 Å². The number of fused-ring (bicyclic) bond motifs is 3. The minimum absolute atomic E-state index is 0.269. The van der Waals surface area contributed by atoms with Crippen LogP contribution in [-0.2, 0) is 17.6 Å². The van der Waals surface area contributed by atoms with E-state index in [0.717, 1.165) is 23.4 Å². The third-order valence-electron chi connectivity index (χ3n) is 3.58. The van der Waals surface area contributed by atoms with E-state index in [9.17, 15) is 4.79 Å². The summed E-state index contributed by atoms with van der Waals surface area (Å²) in [6, 6.07) is 5.86. The first-order valence-electron chi connectivity index (χ1n) is 6.67. The first kappa shape index (κ1) is 13.7. The molecule has 20 heavy (non-hydrogen) atoms. The van der Waals surface area contributed by atoms with E-state index in [1.54, 1.807) is 0 Å². The molecule has 3 rings (SSSR count). The molecule has 0 spiro atoms. The van der Waals surface area contributed by atoms with Gasteiger partial charge in [-0.3, -0.25) is 4.79 Å². The molecule has 104 valence electrons. The average Bonchev–Trinajstić information content (AvgIpc) is 2.44. The van der Waals surface area contributed by atoms with Crippen molar-refractivity contribution in [2.24, 2.45) is 5.73 Å². The quantitative estimate of drug-likeness (QED) is 0.885. The number of thioether (sulfide) groups is 1. The van der Waals surface area contributed by atoms with Gasteiger partial charge in [-0.1, -0.05) is 29.4 Å². The summed E-state index contributed by atoms with van der Waals surface area (Å²) in [7, 11) is 0. The van der Waals surface area contributed by atoms with Crippen molar-refractivity contribution < 1.29 is 4.79 Å². The molecule has 0 atom stereocenters. The zero-order valence-corrected chi connectivity index (χ0v) is 12.6. The van der Waals surface area contributed by atoms with Gasteiger partial charge in [0, 0.05) is 10.4 Å². The first-order chi connectivity index (χ1) is 9.65. The summed E-state index contributed by atoms with van der Waals surface area (Å²) in [4.78, 5) is 15.7. The number of aryl methyl sites for hydroxylation is 1. The van der Waals surface area contributed by atoms with Crippen LogP contribution >= 0.6 is 23.4 Å². The number of benzene rings is 1. The molecule has 3 nitrogen and oxygen atoms in total. The Bertz CT molecular complexity index is 687. The topological polar surface area (TPSA) is 56.0 Å². The smallest absolute Gasteiger partial charge is 0.227 e. The maximum atomic E-state index is 11.0. The van der Waals surface area contributed by atoms with Crippen LogP contribution in [0.15, 0.2) is 23.2 Å². The molecule has 0 bridgehead atoms. The third-order valence-corrected chi connectivity index (χ3v) is 4.86. The van der Waals surface area contributed by atoms with Gasteiger partial charge in [-0.15, -0.1) is 0 Å². The predicted octanol–water partition coefficient (Wildman–Crippen LogP) is 3.34. The number of carbonyl (C=O) groups excluding carboxylic acids is 1. The fourth-order valence-electron chi connectivity index (χ4n) is 2.73. The molecule has 0 unspecified atom stereocenters. The molecule has 0 aliphatic heterocycles. The van der Waals surface area contributed by atoms with Gasteiger partial charge >= 0.3 is 0 Å². The van der Waals surface area contributed by atoms with Crippen LogP contribution in [0.3, 0.4) is 0 Å². The van der Waals surface area contributed by atoms with Crippen molar-refractivity contribution >= 4 is 40.2 Å². The Labute approximate surface area is 126 Å². The number of hydrogen-bond donors (Lipinski definition) is 1. The van der Waals surface area contributed by atoms with Crippen molar-refractivity contribution in [1.82, 2.24) is 4.98 Å².